The minimum atomic E-state index is -0.180. The summed E-state index contributed by atoms with van der Waals surface area (Å²) in [5.41, 5.74) is 5.29. The fraction of sp³-hybridized carbons (Fsp3) is 0.692. The van der Waals surface area contributed by atoms with Gasteiger partial charge in [-0.3, -0.25) is 4.79 Å². The number of methoxy groups -OCH3 is 1. The second-order valence-electron chi connectivity index (χ2n) is 4.46. The normalized spacial score (nSPS) is 9.00. The summed E-state index contributed by atoms with van der Waals surface area (Å²) in [5.74, 6) is 0. The SMILES string of the molecule is CC(C)(C)OCC=O.COCC=C(C)C.NC=O. The number of aldehydes is 1. The quantitative estimate of drug-likeness (QED) is 0.617. The Morgan fingerprint density at radius 2 is 1.61 bits per heavy atom. The Morgan fingerprint density at radius 3 is 1.72 bits per heavy atom. The lowest BCUT2D eigenvalue weighted by Crippen LogP contribution is -2.19. The van der Waals surface area contributed by atoms with Crippen LogP contribution in [0.1, 0.15) is 34.6 Å². The molecule has 0 saturated heterocycles. The summed E-state index contributed by atoms with van der Waals surface area (Å²) >= 11 is 0. The highest BCUT2D eigenvalue weighted by Crippen LogP contribution is 2.04. The van der Waals surface area contributed by atoms with E-state index in [1.807, 2.05) is 26.8 Å². The van der Waals surface area contributed by atoms with Crippen molar-refractivity contribution in [1.29, 1.82) is 0 Å². The van der Waals surface area contributed by atoms with E-state index in [9.17, 15) is 4.79 Å². The third-order valence-corrected chi connectivity index (χ3v) is 1.24. The molecule has 0 rings (SSSR count). The maximum absolute atomic E-state index is 9.73. The van der Waals surface area contributed by atoms with Crippen LogP contribution in [0.4, 0.5) is 0 Å². The van der Waals surface area contributed by atoms with Crippen LogP contribution in [0.15, 0.2) is 11.6 Å². The number of ether oxygens (including phenoxy) is 2. The Hall–Kier alpha value is -1.20. The Morgan fingerprint density at radius 1 is 1.17 bits per heavy atom. The number of rotatable bonds is 4. The van der Waals surface area contributed by atoms with Gasteiger partial charge in [0.05, 0.1) is 12.2 Å². The standard InChI is InChI=1S/C6H12O2.C6H12O.CH3NO/c1-6(2,3)8-5-4-7;1-6(2)4-5-7-3;2-1-3/h4H,5H2,1-3H3;4H,5H2,1-3H3;1H,(H2,2,3). The van der Waals surface area contributed by atoms with Crippen LogP contribution in [-0.2, 0) is 19.1 Å². The highest BCUT2D eigenvalue weighted by Gasteiger charge is 2.07. The first-order valence-electron chi connectivity index (χ1n) is 5.60. The molecule has 0 heterocycles. The van der Waals surface area contributed by atoms with Crippen molar-refractivity contribution >= 4 is 12.7 Å². The maximum Gasteiger partial charge on any atom is 0.204 e. The summed E-state index contributed by atoms with van der Waals surface area (Å²) in [6.45, 7) is 10.8. The van der Waals surface area contributed by atoms with Gasteiger partial charge in [-0.2, -0.15) is 0 Å². The van der Waals surface area contributed by atoms with Crippen LogP contribution >= 0.6 is 0 Å². The number of hydrogen-bond acceptors (Lipinski definition) is 4. The van der Waals surface area contributed by atoms with E-state index in [2.05, 4.69) is 19.6 Å². The number of hydrogen-bond donors (Lipinski definition) is 1. The first-order valence-corrected chi connectivity index (χ1v) is 5.60. The molecule has 0 aliphatic rings. The van der Waals surface area contributed by atoms with Crippen LogP contribution in [0.5, 0.6) is 0 Å². The minimum Gasteiger partial charge on any atom is -0.381 e. The van der Waals surface area contributed by atoms with Gasteiger partial charge in [0.25, 0.3) is 0 Å². The van der Waals surface area contributed by atoms with Crippen molar-refractivity contribution in [3.05, 3.63) is 11.6 Å². The molecular formula is C13H27NO4. The van der Waals surface area contributed by atoms with Crippen LogP contribution in [0.25, 0.3) is 0 Å². The van der Waals surface area contributed by atoms with Crippen molar-refractivity contribution in [2.75, 3.05) is 20.3 Å². The molecule has 0 saturated carbocycles. The smallest absolute Gasteiger partial charge is 0.204 e. The van der Waals surface area contributed by atoms with Crippen molar-refractivity contribution in [2.24, 2.45) is 5.73 Å². The molecule has 108 valence electrons. The average molecular weight is 261 g/mol. The number of nitrogens with two attached hydrogens (primary N) is 1. The van der Waals surface area contributed by atoms with Crippen molar-refractivity contribution in [2.45, 2.75) is 40.2 Å². The summed E-state index contributed by atoms with van der Waals surface area (Å²) in [6.07, 6.45) is 3.05. The molecule has 0 spiro atoms. The van der Waals surface area contributed by atoms with Gasteiger partial charge in [-0.05, 0) is 34.6 Å². The van der Waals surface area contributed by atoms with Gasteiger partial charge in [-0.25, -0.2) is 0 Å². The maximum atomic E-state index is 9.73. The molecule has 0 atom stereocenters. The van der Waals surface area contributed by atoms with E-state index in [0.717, 1.165) is 12.9 Å². The highest BCUT2D eigenvalue weighted by molar-refractivity contribution is 5.50. The number of primary amides is 1. The van der Waals surface area contributed by atoms with Crippen LogP contribution in [0.2, 0.25) is 0 Å². The van der Waals surface area contributed by atoms with Crippen molar-refractivity contribution in [3.63, 3.8) is 0 Å². The third kappa shape index (κ3) is 46.3. The van der Waals surface area contributed by atoms with E-state index in [1.165, 1.54) is 5.57 Å². The molecule has 2 N–H and O–H groups in total. The van der Waals surface area contributed by atoms with Crippen LogP contribution in [-0.4, -0.2) is 38.6 Å². The Labute approximate surface area is 110 Å². The van der Waals surface area contributed by atoms with Crippen molar-refractivity contribution in [1.82, 2.24) is 0 Å². The molecule has 0 unspecified atom stereocenters. The van der Waals surface area contributed by atoms with Crippen molar-refractivity contribution in [3.8, 4) is 0 Å². The zero-order valence-corrected chi connectivity index (χ0v) is 12.4. The third-order valence-electron chi connectivity index (χ3n) is 1.24. The minimum absolute atomic E-state index is 0.180. The molecule has 0 aromatic rings. The zero-order chi connectivity index (χ0) is 15.0. The molecule has 0 fully saturated rings. The lowest BCUT2D eigenvalue weighted by atomic mass is 10.2. The van der Waals surface area contributed by atoms with Gasteiger partial charge in [0.2, 0.25) is 6.41 Å². The highest BCUT2D eigenvalue weighted by atomic mass is 16.5. The zero-order valence-electron chi connectivity index (χ0n) is 12.4. The second-order valence-corrected chi connectivity index (χ2v) is 4.46. The summed E-state index contributed by atoms with van der Waals surface area (Å²) in [4.78, 5) is 18.3. The largest absolute Gasteiger partial charge is 0.381 e. The lowest BCUT2D eigenvalue weighted by Gasteiger charge is -2.16. The summed E-state index contributed by atoms with van der Waals surface area (Å²) in [5, 5.41) is 0. The molecule has 0 aromatic carbocycles. The predicted octanol–water partition coefficient (Wildman–Crippen LogP) is 1.70. The summed E-state index contributed by atoms with van der Waals surface area (Å²) < 4.78 is 9.79. The topological polar surface area (TPSA) is 78.6 Å². The molecular weight excluding hydrogens is 234 g/mol. The Kier molecular flexibility index (Phi) is 19.3. The lowest BCUT2D eigenvalue weighted by molar-refractivity contribution is -0.116. The molecule has 5 heteroatoms. The van der Waals surface area contributed by atoms with E-state index in [0.29, 0.717) is 0 Å². The van der Waals surface area contributed by atoms with Gasteiger partial charge in [0, 0.05) is 7.11 Å². The number of allylic oxidation sites excluding steroid dienone is 1. The van der Waals surface area contributed by atoms with Gasteiger partial charge in [0.1, 0.15) is 12.9 Å². The number of carbonyl (C=O) groups excluding carboxylic acids is 2. The fourth-order valence-electron chi connectivity index (χ4n) is 0.534. The second kappa shape index (κ2) is 15.8. The predicted molar refractivity (Wildman–Crippen MR) is 73.3 cm³/mol. The van der Waals surface area contributed by atoms with Gasteiger partial charge >= 0.3 is 0 Å². The Balaban J connectivity index is -0.000000207. The first kappa shape index (κ1) is 22.0. The number of amides is 1. The number of carbonyl (C=O) groups is 2. The van der Waals surface area contributed by atoms with E-state index in [-0.39, 0.29) is 18.6 Å². The molecule has 0 aliphatic carbocycles. The molecule has 5 nitrogen and oxygen atoms in total. The van der Waals surface area contributed by atoms with Gasteiger partial charge in [-0.1, -0.05) is 11.6 Å². The molecule has 0 aliphatic heterocycles. The summed E-state index contributed by atoms with van der Waals surface area (Å²) in [6, 6.07) is 0. The van der Waals surface area contributed by atoms with E-state index >= 15 is 0 Å². The van der Waals surface area contributed by atoms with E-state index in [4.69, 9.17) is 14.3 Å². The first-order chi connectivity index (χ1) is 8.24. The van der Waals surface area contributed by atoms with Crippen molar-refractivity contribution < 1.29 is 19.1 Å². The molecule has 1 amide bonds. The van der Waals surface area contributed by atoms with Crippen LogP contribution < -0.4 is 5.73 Å². The van der Waals surface area contributed by atoms with E-state index in [1.54, 1.807) is 7.11 Å². The summed E-state index contributed by atoms with van der Waals surface area (Å²) in [7, 11) is 1.69. The average Bonchev–Trinajstić information content (AvgIpc) is 2.24. The molecule has 0 aromatic heterocycles. The monoisotopic (exact) mass is 261 g/mol. The van der Waals surface area contributed by atoms with Gasteiger partial charge in [0.15, 0.2) is 0 Å². The van der Waals surface area contributed by atoms with Gasteiger partial charge in [-0.15, -0.1) is 0 Å². The van der Waals surface area contributed by atoms with Crippen LogP contribution in [0.3, 0.4) is 0 Å². The van der Waals surface area contributed by atoms with Gasteiger partial charge < -0.3 is 20.0 Å². The van der Waals surface area contributed by atoms with Crippen LogP contribution in [0, 0.1) is 0 Å². The molecule has 18 heavy (non-hydrogen) atoms. The molecule has 0 radical (unpaired) electrons. The fourth-order valence-corrected chi connectivity index (χ4v) is 0.534. The molecule has 0 bridgehead atoms. The Bertz CT molecular complexity index is 216. The van der Waals surface area contributed by atoms with E-state index < -0.39 is 0 Å².